The smallest absolute Gasteiger partial charge is 0.431 e. The van der Waals surface area contributed by atoms with E-state index in [2.05, 4.69) is 10.0 Å². The number of rotatable bonds is 1. The van der Waals surface area contributed by atoms with Gasteiger partial charge in [-0.3, -0.25) is 0 Å². The predicted molar refractivity (Wildman–Crippen MR) is 63.9 cm³/mol. The summed E-state index contributed by atoms with van der Waals surface area (Å²) in [5, 5.41) is 13.6. The van der Waals surface area contributed by atoms with Crippen LogP contribution < -0.4 is 0 Å². The number of azide groups is 1. The molecule has 0 bridgehead atoms. The molecule has 116 valence electrons. The highest BCUT2D eigenvalue weighted by molar-refractivity contribution is 5.61. The van der Waals surface area contributed by atoms with Gasteiger partial charge in [-0.05, 0) is 19.4 Å². The summed E-state index contributed by atoms with van der Waals surface area (Å²) in [7, 11) is 0. The maximum Gasteiger partial charge on any atom is 0.508 e. The summed E-state index contributed by atoms with van der Waals surface area (Å²) in [5.41, 5.74) is 7.42. The van der Waals surface area contributed by atoms with Crippen molar-refractivity contribution < 1.29 is 33.6 Å². The van der Waals surface area contributed by atoms with Gasteiger partial charge in [-0.1, -0.05) is 5.11 Å². The van der Waals surface area contributed by atoms with Crippen molar-refractivity contribution in [2.24, 2.45) is 5.11 Å². The number of aliphatic hydroxyl groups excluding tert-OH is 1. The lowest BCUT2D eigenvalue weighted by Crippen LogP contribution is -2.67. The molecule has 2 unspecified atom stereocenters. The Bertz CT molecular complexity index is 494. The molecule has 0 aromatic rings. The number of cyclic esters (lactones) is 2. The van der Waals surface area contributed by atoms with E-state index in [1.807, 2.05) is 0 Å². The standard InChI is InChI=1S/C11H15N3O7/c1-10(2)19-6-5(13-14-12)8(15)21-11(7(6)20-10)3-17-9(16)18-4-11/h5-8,15H,3-4H2,1-2H3/t5?,6-,7-,8?/m1/s1. The van der Waals surface area contributed by atoms with Crippen LogP contribution in [-0.2, 0) is 23.7 Å². The molecule has 4 atom stereocenters. The Hall–Kier alpha value is -1.58. The van der Waals surface area contributed by atoms with Gasteiger partial charge in [0.1, 0.15) is 31.5 Å². The largest absolute Gasteiger partial charge is 0.508 e. The molecule has 0 radical (unpaired) electrons. The van der Waals surface area contributed by atoms with E-state index < -0.39 is 42.1 Å². The van der Waals surface area contributed by atoms with Crippen LogP contribution in [0.2, 0.25) is 0 Å². The van der Waals surface area contributed by atoms with Crippen molar-refractivity contribution >= 4 is 6.16 Å². The molecule has 1 spiro atoms. The van der Waals surface area contributed by atoms with Gasteiger partial charge in [0.15, 0.2) is 17.7 Å². The van der Waals surface area contributed by atoms with Gasteiger partial charge in [-0.15, -0.1) is 0 Å². The van der Waals surface area contributed by atoms with Gasteiger partial charge in [-0.2, -0.15) is 0 Å². The zero-order chi connectivity index (χ0) is 15.3. The summed E-state index contributed by atoms with van der Waals surface area (Å²) >= 11 is 0. The number of hydrogen-bond acceptors (Lipinski definition) is 8. The quantitative estimate of drug-likeness (QED) is 0.321. The van der Waals surface area contributed by atoms with Crippen LogP contribution >= 0.6 is 0 Å². The summed E-state index contributed by atoms with van der Waals surface area (Å²) in [6, 6.07) is -0.968. The van der Waals surface area contributed by atoms with Crippen LogP contribution in [0.4, 0.5) is 4.79 Å². The Balaban J connectivity index is 1.94. The third-order valence-electron chi connectivity index (χ3n) is 3.69. The topological polar surface area (TPSA) is 132 Å². The predicted octanol–water partition coefficient (Wildman–Crippen LogP) is 0.440. The number of nitrogens with zero attached hydrogens (tertiary/aromatic N) is 3. The lowest BCUT2D eigenvalue weighted by Gasteiger charge is -2.47. The summed E-state index contributed by atoms with van der Waals surface area (Å²) in [5.74, 6) is -0.958. The van der Waals surface area contributed by atoms with Gasteiger partial charge < -0.3 is 28.8 Å². The average molecular weight is 301 g/mol. The van der Waals surface area contributed by atoms with Crippen LogP contribution in [0.5, 0.6) is 0 Å². The number of carbonyl (C=O) groups excluding carboxylic acids is 1. The Morgan fingerprint density at radius 2 is 1.95 bits per heavy atom. The number of aliphatic hydroxyl groups is 1. The van der Waals surface area contributed by atoms with E-state index in [9.17, 15) is 9.90 Å². The molecule has 21 heavy (non-hydrogen) atoms. The van der Waals surface area contributed by atoms with E-state index >= 15 is 0 Å². The second-order valence-corrected chi connectivity index (χ2v) is 5.62. The van der Waals surface area contributed by atoms with Crippen molar-refractivity contribution in [3.8, 4) is 0 Å². The highest BCUT2D eigenvalue weighted by atomic mass is 16.8. The SMILES string of the molecule is CC1(C)O[C@@H]2C(N=[N+]=[N-])C(O)OC3(COC(=O)OC3)[C@@H]2O1. The fourth-order valence-corrected chi connectivity index (χ4v) is 2.85. The monoisotopic (exact) mass is 301 g/mol. The first-order chi connectivity index (χ1) is 9.87. The van der Waals surface area contributed by atoms with E-state index in [0.29, 0.717) is 0 Å². The fourth-order valence-electron chi connectivity index (χ4n) is 2.85. The minimum absolute atomic E-state index is 0.146. The van der Waals surface area contributed by atoms with Gasteiger partial charge in [0, 0.05) is 4.91 Å². The molecule has 0 aliphatic carbocycles. The molecule has 0 saturated carbocycles. The van der Waals surface area contributed by atoms with Crippen LogP contribution in [0, 0.1) is 0 Å². The highest BCUT2D eigenvalue weighted by Gasteiger charge is 2.63. The molecule has 3 fully saturated rings. The third-order valence-corrected chi connectivity index (χ3v) is 3.69. The second kappa shape index (κ2) is 4.72. The molecule has 0 aromatic carbocycles. The fraction of sp³-hybridized carbons (Fsp3) is 0.909. The molecule has 10 nitrogen and oxygen atoms in total. The summed E-state index contributed by atoms with van der Waals surface area (Å²) < 4.78 is 26.7. The molecule has 3 heterocycles. The van der Waals surface area contributed by atoms with Gasteiger partial charge in [0.2, 0.25) is 0 Å². The molecule has 3 saturated heterocycles. The van der Waals surface area contributed by atoms with Crippen molar-refractivity contribution in [3.05, 3.63) is 10.4 Å². The lowest BCUT2D eigenvalue weighted by molar-refractivity contribution is -0.299. The van der Waals surface area contributed by atoms with Gasteiger partial charge >= 0.3 is 6.16 Å². The highest BCUT2D eigenvalue weighted by Crippen LogP contribution is 2.44. The van der Waals surface area contributed by atoms with E-state index in [4.69, 9.17) is 29.2 Å². The molecule has 3 rings (SSSR count). The van der Waals surface area contributed by atoms with Crippen molar-refractivity contribution in [2.45, 2.75) is 49.8 Å². The minimum Gasteiger partial charge on any atom is -0.431 e. The van der Waals surface area contributed by atoms with Crippen molar-refractivity contribution in [3.63, 3.8) is 0 Å². The summed E-state index contributed by atoms with van der Waals surface area (Å²) in [4.78, 5) is 13.8. The molecule has 0 amide bonds. The maximum absolute atomic E-state index is 11.1. The summed E-state index contributed by atoms with van der Waals surface area (Å²) in [6.07, 6.45) is -3.68. The molecule has 3 aliphatic rings. The van der Waals surface area contributed by atoms with Crippen LogP contribution in [0.1, 0.15) is 13.8 Å². The molecular weight excluding hydrogens is 286 g/mol. The molecule has 3 aliphatic heterocycles. The Morgan fingerprint density at radius 1 is 1.29 bits per heavy atom. The number of ether oxygens (including phenoxy) is 5. The first-order valence-corrected chi connectivity index (χ1v) is 6.42. The second-order valence-electron chi connectivity index (χ2n) is 5.62. The van der Waals surface area contributed by atoms with Crippen molar-refractivity contribution in [1.29, 1.82) is 0 Å². The zero-order valence-corrected chi connectivity index (χ0v) is 11.5. The average Bonchev–Trinajstić information content (AvgIpc) is 2.74. The van der Waals surface area contributed by atoms with Gasteiger partial charge in [-0.25, -0.2) is 4.79 Å². The molecule has 1 N–H and O–H groups in total. The molecule has 10 heteroatoms. The van der Waals surface area contributed by atoms with Crippen LogP contribution in [0.25, 0.3) is 10.4 Å². The van der Waals surface area contributed by atoms with E-state index in [1.165, 1.54) is 0 Å². The van der Waals surface area contributed by atoms with Gasteiger partial charge in [0.05, 0.1) is 0 Å². The lowest BCUT2D eigenvalue weighted by atomic mass is 9.86. The first-order valence-electron chi connectivity index (χ1n) is 6.42. The number of hydrogen-bond donors (Lipinski definition) is 1. The van der Waals surface area contributed by atoms with Crippen LogP contribution in [0.15, 0.2) is 5.11 Å². The van der Waals surface area contributed by atoms with Crippen molar-refractivity contribution in [2.75, 3.05) is 13.2 Å². The van der Waals surface area contributed by atoms with E-state index in [0.717, 1.165) is 0 Å². The number of fused-ring (bicyclic) bond motifs is 2. The van der Waals surface area contributed by atoms with Crippen molar-refractivity contribution in [1.82, 2.24) is 0 Å². The van der Waals surface area contributed by atoms with E-state index in [-0.39, 0.29) is 13.2 Å². The van der Waals surface area contributed by atoms with E-state index in [1.54, 1.807) is 13.8 Å². The molecular formula is C11H15N3O7. The normalized spacial score (nSPS) is 39.9. The molecule has 0 aromatic heterocycles. The Labute approximate surface area is 119 Å². The Morgan fingerprint density at radius 3 is 2.57 bits per heavy atom. The van der Waals surface area contributed by atoms with Crippen LogP contribution in [-0.4, -0.2) is 60.4 Å². The number of carbonyl (C=O) groups is 1. The summed E-state index contributed by atoms with van der Waals surface area (Å²) in [6.45, 7) is 3.08. The van der Waals surface area contributed by atoms with Crippen LogP contribution in [0.3, 0.4) is 0 Å². The Kier molecular flexibility index (Phi) is 3.23. The first kappa shape index (κ1) is 14.4. The minimum atomic E-state index is -1.42. The zero-order valence-electron chi connectivity index (χ0n) is 11.5. The van der Waals surface area contributed by atoms with Gasteiger partial charge in [0.25, 0.3) is 0 Å². The maximum atomic E-state index is 11.1. The third kappa shape index (κ3) is 2.30.